The lowest BCUT2D eigenvalue weighted by Crippen LogP contribution is -2.27. The molecule has 0 aliphatic heterocycles. The number of hydrogen-bond donors (Lipinski definition) is 1. The van der Waals surface area contributed by atoms with Crippen molar-refractivity contribution in [2.75, 3.05) is 0 Å². The zero-order valence-corrected chi connectivity index (χ0v) is 10.9. The second-order valence-electron chi connectivity index (χ2n) is 4.72. The minimum absolute atomic E-state index is 0.334. The van der Waals surface area contributed by atoms with Crippen LogP contribution in [0.2, 0.25) is 0 Å². The summed E-state index contributed by atoms with van der Waals surface area (Å²) in [6.45, 7) is 5.46. The molecule has 90 valence electrons. The average Bonchev–Trinajstić information content (AvgIpc) is 2.50. The molecule has 0 saturated heterocycles. The van der Waals surface area contributed by atoms with Gasteiger partial charge in [0.05, 0.1) is 11.0 Å². The van der Waals surface area contributed by atoms with E-state index in [-0.39, 0.29) is 0 Å². The van der Waals surface area contributed by atoms with E-state index in [9.17, 15) is 4.79 Å². The number of benzene rings is 1. The summed E-state index contributed by atoms with van der Waals surface area (Å²) in [5.74, 6) is 0. The van der Waals surface area contributed by atoms with Gasteiger partial charge < -0.3 is 4.74 Å². The highest BCUT2D eigenvalue weighted by Crippen LogP contribution is 2.20. The maximum atomic E-state index is 12.0. The highest BCUT2D eigenvalue weighted by atomic mass is 32.1. The second-order valence-corrected chi connectivity index (χ2v) is 5.12. The van der Waals surface area contributed by atoms with Crippen molar-refractivity contribution in [2.24, 2.45) is 0 Å². The number of fused-ring (bicyclic) bond motifs is 1. The molecule has 0 aliphatic carbocycles. The normalized spacial score (nSPS) is 11.8. The van der Waals surface area contributed by atoms with E-state index in [2.05, 4.69) is 17.6 Å². The molecule has 2 aromatic rings. The first-order valence-electron chi connectivity index (χ1n) is 5.28. The Morgan fingerprint density at radius 3 is 2.65 bits per heavy atom. The largest absolute Gasteiger partial charge is 0.443 e. The minimum atomic E-state index is -0.539. The maximum Gasteiger partial charge on any atom is 0.421 e. The van der Waals surface area contributed by atoms with Crippen molar-refractivity contribution in [2.45, 2.75) is 31.5 Å². The third-order valence-electron chi connectivity index (χ3n) is 2.12. The summed E-state index contributed by atoms with van der Waals surface area (Å²) in [6, 6.07) is 7.35. The van der Waals surface area contributed by atoms with Crippen LogP contribution in [0, 0.1) is 0 Å². The topological polar surface area (TPSA) is 44.1 Å². The molecule has 0 bridgehead atoms. The standard InChI is InChI=1S/C12H14N2O2S/c1-12(2,3)16-11(15)14-9-7-5-4-6-8(9)13-10(14)17/h4-7H,1-3H3,(H,13,17). The number of thiol groups is 1. The van der Waals surface area contributed by atoms with Crippen molar-refractivity contribution in [3.8, 4) is 0 Å². The van der Waals surface area contributed by atoms with Crippen LogP contribution in [0.15, 0.2) is 29.4 Å². The molecule has 0 N–H and O–H groups in total. The molecule has 17 heavy (non-hydrogen) atoms. The van der Waals surface area contributed by atoms with Crippen molar-refractivity contribution in [1.29, 1.82) is 0 Å². The van der Waals surface area contributed by atoms with Gasteiger partial charge in [-0.3, -0.25) is 0 Å². The third kappa shape index (κ3) is 2.44. The Kier molecular flexibility index (Phi) is 2.87. The Balaban J connectivity index is 2.48. The number of ether oxygens (including phenoxy) is 1. The van der Waals surface area contributed by atoms with Crippen LogP contribution in [0.25, 0.3) is 11.0 Å². The van der Waals surface area contributed by atoms with Gasteiger partial charge in [-0.1, -0.05) is 12.1 Å². The molecular weight excluding hydrogens is 236 g/mol. The van der Waals surface area contributed by atoms with Crippen molar-refractivity contribution < 1.29 is 9.53 Å². The van der Waals surface area contributed by atoms with E-state index >= 15 is 0 Å². The van der Waals surface area contributed by atoms with Crippen molar-refractivity contribution >= 4 is 29.8 Å². The summed E-state index contributed by atoms with van der Waals surface area (Å²) in [6.07, 6.45) is -0.462. The molecule has 0 atom stereocenters. The van der Waals surface area contributed by atoms with Gasteiger partial charge in [-0.05, 0) is 32.9 Å². The Hall–Kier alpha value is -1.49. The number of hydrogen-bond acceptors (Lipinski definition) is 4. The predicted molar refractivity (Wildman–Crippen MR) is 68.6 cm³/mol. The summed E-state index contributed by atoms with van der Waals surface area (Å²) in [7, 11) is 0. The summed E-state index contributed by atoms with van der Waals surface area (Å²) < 4.78 is 6.67. The molecule has 1 aromatic heterocycles. The SMILES string of the molecule is CC(C)(C)OC(=O)n1c(S)nc2ccccc21. The van der Waals surface area contributed by atoms with E-state index < -0.39 is 11.7 Å². The molecule has 0 saturated carbocycles. The van der Waals surface area contributed by atoms with E-state index in [4.69, 9.17) is 4.74 Å². The highest BCUT2D eigenvalue weighted by Gasteiger charge is 2.21. The van der Waals surface area contributed by atoms with Crippen molar-refractivity contribution in [3.63, 3.8) is 0 Å². The maximum absolute atomic E-state index is 12.0. The Labute approximate surface area is 105 Å². The van der Waals surface area contributed by atoms with Crippen LogP contribution >= 0.6 is 12.6 Å². The van der Waals surface area contributed by atoms with Gasteiger partial charge in [-0.15, -0.1) is 12.6 Å². The van der Waals surface area contributed by atoms with E-state index in [1.807, 2.05) is 45.0 Å². The average molecular weight is 250 g/mol. The van der Waals surface area contributed by atoms with Gasteiger partial charge in [0, 0.05) is 0 Å². The fourth-order valence-corrected chi connectivity index (χ4v) is 1.80. The van der Waals surface area contributed by atoms with Gasteiger partial charge in [0.15, 0.2) is 5.16 Å². The minimum Gasteiger partial charge on any atom is -0.443 e. The second kappa shape index (κ2) is 4.07. The zero-order chi connectivity index (χ0) is 12.6. The van der Waals surface area contributed by atoms with Gasteiger partial charge >= 0.3 is 6.09 Å². The lowest BCUT2D eigenvalue weighted by molar-refractivity contribution is 0.0530. The molecule has 1 aromatic carbocycles. The number of nitrogens with zero attached hydrogens (tertiary/aromatic N) is 2. The zero-order valence-electron chi connectivity index (χ0n) is 9.97. The van der Waals surface area contributed by atoms with E-state index in [1.165, 1.54) is 4.57 Å². The molecule has 0 radical (unpaired) electrons. The van der Waals surface area contributed by atoms with Crippen LogP contribution in [0.3, 0.4) is 0 Å². The number of carbonyl (C=O) groups excluding carboxylic acids is 1. The Morgan fingerprint density at radius 2 is 2.00 bits per heavy atom. The van der Waals surface area contributed by atoms with Gasteiger partial charge in [0.25, 0.3) is 0 Å². The van der Waals surface area contributed by atoms with Crippen LogP contribution in [0.5, 0.6) is 0 Å². The molecule has 0 unspecified atom stereocenters. The molecule has 0 spiro atoms. The molecule has 0 fully saturated rings. The lowest BCUT2D eigenvalue weighted by Gasteiger charge is -2.19. The van der Waals surface area contributed by atoms with Gasteiger partial charge in [-0.2, -0.15) is 0 Å². The van der Waals surface area contributed by atoms with E-state index in [1.54, 1.807) is 0 Å². The summed E-state index contributed by atoms with van der Waals surface area (Å²) in [4.78, 5) is 16.2. The summed E-state index contributed by atoms with van der Waals surface area (Å²) >= 11 is 4.20. The van der Waals surface area contributed by atoms with Crippen LogP contribution < -0.4 is 0 Å². The number of para-hydroxylation sites is 2. The molecule has 1 heterocycles. The highest BCUT2D eigenvalue weighted by molar-refractivity contribution is 7.80. The lowest BCUT2D eigenvalue weighted by atomic mass is 10.2. The first-order chi connectivity index (χ1) is 7.88. The summed E-state index contributed by atoms with van der Waals surface area (Å²) in [5, 5.41) is 0.334. The molecule has 0 amide bonds. The van der Waals surface area contributed by atoms with E-state index in [0.29, 0.717) is 10.7 Å². The number of aromatic nitrogens is 2. The monoisotopic (exact) mass is 250 g/mol. The molecule has 2 rings (SSSR count). The van der Waals surface area contributed by atoms with Crippen LogP contribution in [0.1, 0.15) is 20.8 Å². The summed E-state index contributed by atoms with van der Waals surface area (Å²) in [5.41, 5.74) is 0.887. The van der Waals surface area contributed by atoms with Crippen molar-refractivity contribution in [1.82, 2.24) is 9.55 Å². The fraction of sp³-hybridized carbons (Fsp3) is 0.333. The van der Waals surface area contributed by atoms with Crippen LogP contribution in [0.4, 0.5) is 4.79 Å². The fourth-order valence-electron chi connectivity index (χ4n) is 1.50. The third-order valence-corrected chi connectivity index (χ3v) is 2.42. The van der Waals surface area contributed by atoms with E-state index in [0.717, 1.165) is 5.52 Å². The van der Waals surface area contributed by atoms with Crippen LogP contribution in [-0.2, 0) is 4.74 Å². The molecule has 4 nitrogen and oxygen atoms in total. The smallest absolute Gasteiger partial charge is 0.421 e. The number of carbonyl (C=O) groups is 1. The molecular formula is C12H14N2O2S. The first-order valence-corrected chi connectivity index (χ1v) is 5.73. The predicted octanol–water partition coefficient (Wildman–Crippen LogP) is 3.11. The van der Waals surface area contributed by atoms with Crippen LogP contribution in [-0.4, -0.2) is 21.2 Å². The number of imidazole rings is 1. The number of rotatable bonds is 0. The quantitative estimate of drug-likeness (QED) is 0.731. The molecule has 5 heteroatoms. The van der Waals surface area contributed by atoms with Crippen molar-refractivity contribution in [3.05, 3.63) is 24.3 Å². The van der Waals surface area contributed by atoms with Gasteiger partial charge in [0.2, 0.25) is 0 Å². The molecule has 0 aliphatic rings. The van der Waals surface area contributed by atoms with Gasteiger partial charge in [0.1, 0.15) is 5.60 Å². The first kappa shape index (κ1) is 12.0. The Bertz CT molecular complexity index is 569. The Morgan fingerprint density at radius 1 is 1.35 bits per heavy atom. The van der Waals surface area contributed by atoms with Gasteiger partial charge in [-0.25, -0.2) is 14.3 Å².